The number of rotatable bonds is 1. The van der Waals surface area contributed by atoms with Gasteiger partial charge in [-0.15, -0.1) is 0 Å². The third-order valence-corrected chi connectivity index (χ3v) is 2.47. The van der Waals surface area contributed by atoms with Gasteiger partial charge in [-0.1, -0.05) is 38.4 Å². The first-order valence-electron chi connectivity index (χ1n) is 4.88. The highest BCUT2D eigenvalue weighted by Crippen LogP contribution is 2.29. The molecule has 15 heavy (non-hydrogen) atoms. The summed E-state index contributed by atoms with van der Waals surface area (Å²) in [6.45, 7) is 7.83. The van der Waals surface area contributed by atoms with Crippen molar-refractivity contribution < 1.29 is 4.79 Å². The smallest absolute Gasteiger partial charge is 0.221 e. The van der Waals surface area contributed by atoms with Crippen LogP contribution >= 0.6 is 11.6 Å². The maximum absolute atomic E-state index is 11.0. The quantitative estimate of drug-likeness (QED) is 0.778. The first kappa shape index (κ1) is 12.1. The van der Waals surface area contributed by atoms with Crippen LogP contribution in [-0.4, -0.2) is 5.91 Å². The van der Waals surface area contributed by atoms with Gasteiger partial charge in [-0.05, 0) is 23.1 Å². The van der Waals surface area contributed by atoms with Crippen molar-refractivity contribution in [2.24, 2.45) is 0 Å². The highest BCUT2D eigenvalue weighted by atomic mass is 35.5. The Morgan fingerprint density at radius 2 is 1.93 bits per heavy atom. The van der Waals surface area contributed by atoms with Gasteiger partial charge in [0.25, 0.3) is 0 Å². The Morgan fingerprint density at radius 3 is 2.40 bits per heavy atom. The monoisotopic (exact) mass is 225 g/mol. The molecule has 0 radical (unpaired) electrons. The minimum Gasteiger partial charge on any atom is -0.325 e. The van der Waals surface area contributed by atoms with E-state index in [0.29, 0.717) is 10.7 Å². The number of nitrogens with one attached hydrogen (secondary N) is 1. The van der Waals surface area contributed by atoms with Crippen LogP contribution in [0.25, 0.3) is 0 Å². The zero-order valence-corrected chi connectivity index (χ0v) is 10.3. The fourth-order valence-electron chi connectivity index (χ4n) is 1.28. The Hall–Kier alpha value is -1.02. The number of hydrogen-bond acceptors (Lipinski definition) is 1. The standard InChI is InChI=1S/C12H16ClNO/c1-8(15)14-11-7-9(12(2,3)4)5-6-10(11)13/h5-7H,1-4H3,(H,14,15). The summed E-state index contributed by atoms with van der Waals surface area (Å²) in [5.41, 5.74) is 1.88. The summed E-state index contributed by atoms with van der Waals surface area (Å²) in [6.07, 6.45) is 0. The lowest BCUT2D eigenvalue weighted by atomic mass is 9.87. The third-order valence-electron chi connectivity index (χ3n) is 2.14. The van der Waals surface area contributed by atoms with E-state index in [0.717, 1.165) is 5.56 Å². The molecular formula is C12H16ClNO. The van der Waals surface area contributed by atoms with Crippen molar-refractivity contribution in [1.29, 1.82) is 0 Å². The molecular weight excluding hydrogens is 210 g/mol. The highest BCUT2D eigenvalue weighted by molar-refractivity contribution is 6.33. The lowest BCUT2D eigenvalue weighted by Gasteiger charge is -2.20. The number of carbonyl (C=O) groups is 1. The molecule has 82 valence electrons. The van der Waals surface area contributed by atoms with E-state index in [1.165, 1.54) is 6.92 Å². The van der Waals surface area contributed by atoms with E-state index < -0.39 is 0 Å². The number of anilines is 1. The predicted octanol–water partition coefficient (Wildman–Crippen LogP) is 3.60. The van der Waals surface area contributed by atoms with Gasteiger partial charge >= 0.3 is 0 Å². The topological polar surface area (TPSA) is 29.1 Å². The third kappa shape index (κ3) is 3.24. The second-order valence-electron chi connectivity index (χ2n) is 4.63. The normalized spacial score (nSPS) is 11.3. The van der Waals surface area contributed by atoms with E-state index >= 15 is 0 Å². The van der Waals surface area contributed by atoms with E-state index in [-0.39, 0.29) is 11.3 Å². The lowest BCUT2D eigenvalue weighted by Crippen LogP contribution is -2.13. The van der Waals surface area contributed by atoms with Crippen molar-refractivity contribution in [3.05, 3.63) is 28.8 Å². The summed E-state index contributed by atoms with van der Waals surface area (Å²) in [5, 5.41) is 3.28. The number of amides is 1. The molecule has 0 saturated carbocycles. The summed E-state index contributed by atoms with van der Waals surface area (Å²) >= 11 is 5.98. The Labute approximate surface area is 95.6 Å². The minimum absolute atomic E-state index is 0.0534. The van der Waals surface area contributed by atoms with E-state index in [1.54, 1.807) is 0 Å². The first-order chi connectivity index (χ1) is 6.80. The van der Waals surface area contributed by atoms with Crippen LogP contribution in [0.5, 0.6) is 0 Å². The molecule has 0 saturated heterocycles. The Bertz CT molecular complexity index is 380. The van der Waals surface area contributed by atoms with Gasteiger partial charge in [0.1, 0.15) is 0 Å². The molecule has 1 rings (SSSR count). The van der Waals surface area contributed by atoms with Crippen molar-refractivity contribution >= 4 is 23.2 Å². The second-order valence-corrected chi connectivity index (χ2v) is 5.03. The average Bonchev–Trinajstić information content (AvgIpc) is 2.06. The number of carbonyl (C=O) groups excluding carboxylic acids is 1. The molecule has 3 heteroatoms. The molecule has 0 spiro atoms. The van der Waals surface area contributed by atoms with Crippen LogP contribution in [0, 0.1) is 0 Å². The van der Waals surface area contributed by atoms with Crippen molar-refractivity contribution in [2.45, 2.75) is 33.1 Å². The van der Waals surface area contributed by atoms with Crippen LogP contribution in [-0.2, 0) is 10.2 Å². The maximum atomic E-state index is 11.0. The number of benzene rings is 1. The predicted molar refractivity (Wildman–Crippen MR) is 64.5 cm³/mol. The van der Waals surface area contributed by atoms with Gasteiger partial charge in [-0.25, -0.2) is 0 Å². The SMILES string of the molecule is CC(=O)Nc1cc(C(C)(C)C)ccc1Cl. The fraction of sp³-hybridized carbons (Fsp3) is 0.417. The van der Waals surface area contributed by atoms with Crippen LogP contribution in [0.1, 0.15) is 33.3 Å². The molecule has 0 aliphatic carbocycles. The molecule has 1 amide bonds. The lowest BCUT2D eigenvalue weighted by molar-refractivity contribution is -0.114. The van der Waals surface area contributed by atoms with Gasteiger partial charge in [0.2, 0.25) is 5.91 Å². The van der Waals surface area contributed by atoms with Gasteiger partial charge in [0.05, 0.1) is 10.7 Å². The van der Waals surface area contributed by atoms with Crippen molar-refractivity contribution in [3.8, 4) is 0 Å². The molecule has 1 aromatic rings. The zero-order valence-electron chi connectivity index (χ0n) is 9.52. The average molecular weight is 226 g/mol. The van der Waals surface area contributed by atoms with Crippen LogP contribution < -0.4 is 5.32 Å². The van der Waals surface area contributed by atoms with Crippen molar-refractivity contribution in [2.75, 3.05) is 5.32 Å². The van der Waals surface area contributed by atoms with Crippen LogP contribution in [0.15, 0.2) is 18.2 Å². The van der Waals surface area contributed by atoms with E-state index in [2.05, 4.69) is 26.1 Å². The molecule has 0 aliphatic heterocycles. The zero-order chi connectivity index (χ0) is 11.6. The largest absolute Gasteiger partial charge is 0.325 e. The maximum Gasteiger partial charge on any atom is 0.221 e. The highest BCUT2D eigenvalue weighted by Gasteiger charge is 2.15. The van der Waals surface area contributed by atoms with E-state index in [9.17, 15) is 4.79 Å². The van der Waals surface area contributed by atoms with Gasteiger partial charge < -0.3 is 5.32 Å². The molecule has 0 unspecified atom stereocenters. The Balaban J connectivity index is 3.11. The van der Waals surface area contributed by atoms with Crippen molar-refractivity contribution in [1.82, 2.24) is 0 Å². The van der Waals surface area contributed by atoms with Crippen LogP contribution in [0.2, 0.25) is 5.02 Å². The Kier molecular flexibility index (Phi) is 3.40. The molecule has 2 nitrogen and oxygen atoms in total. The molecule has 1 N–H and O–H groups in total. The minimum atomic E-state index is -0.108. The molecule has 0 aliphatic rings. The molecule has 0 atom stereocenters. The molecule has 0 aromatic heterocycles. The Morgan fingerprint density at radius 1 is 1.33 bits per heavy atom. The summed E-state index contributed by atoms with van der Waals surface area (Å²) in [7, 11) is 0. The fourth-order valence-corrected chi connectivity index (χ4v) is 1.44. The first-order valence-corrected chi connectivity index (χ1v) is 5.26. The van der Waals surface area contributed by atoms with Gasteiger partial charge in [0, 0.05) is 6.92 Å². The summed E-state index contributed by atoms with van der Waals surface area (Å²) in [6, 6.07) is 5.71. The van der Waals surface area contributed by atoms with Crippen LogP contribution in [0.4, 0.5) is 5.69 Å². The summed E-state index contributed by atoms with van der Waals surface area (Å²) in [4.78, 5) is 11.0. The van der Waals surface area contributed by atoms with E-state index in [1.807, 2.05) is 18.2 Å². The summed E-state index contributed by atoms with van der Waals surface area (Å²) < 4.78 is 0. The van der Waals surface area contributed by atoms with Gasteiger partial charge in [-0.2, -0.15) is 0 Å². The molecule has 1 aromatic carbocycles. The second kappa shape index (κ2) is 4.23. The number of halogens is 1. The number of hydrogen-bond donors (Lipinski definition) is 1. The summed E-state index contributed by atoms with van der Waals surface area (Å²) in [5.74, 6) is -0.108. The molecule has 0 bridgehead atoms. The molecule has 0 fully saturated rings. The van der Waals surface area contributed by atoms with Gasteiger partial charge in [0.15, 0.2) is 0 Å². The van der Waals surface area contributed by atoms with E-state index in [4.69, 9.17) is 11.6 Å². The van der Waals surface area contributed by atoms with Crippen LogP contribution in [0.3, 0.4) is 0 Å². The van der Waals surface area contributed by atoms with Crippen molar-refractivity contribution in [3.63, 3.8) is 0 Å². The van der Waals surface area contributed by atoms with Gasteiger partial charge in [-0.3, -0.25) is 4.79 Å². The molecule has 0 heterocycles.